The largest absolute Gasteiger partial charge is 0.345 e. The van der Waals surface area contributed by atoms with Gasteiger partial charge < -0.3 is 9.47 Å². The molecule has 1 saturated heterocycles. The van der Waals surface area contributed by atoms with Crippen LogP contribution in [0.25, 0.3) is 0 Å². The van der Waals surface area contributed by atoms with E-state index in [2.05, 4.69) is 32.9 Å². The number of allylic oxidation sites excluding steroid dienone is 3. The van der Waals surface area contributed by atoms with E-state index in [0.29, 0.717) is 13.2 Å². The lowest BCUT2D eigenvalue weighted by Crippen LogP contribution is -2.56. The molecule has 0 N–H and O–H groups in total. The highest BCUT2D eigenvalue weighted by Gasteiger charge is 2.52. The highest BCUT2D eigenvalue weighted by atomic mass is 16.7. The van der Waals surface area contributed by atoms with Gasteiger partial charge in [-0.05, 0) is 24.5 Å². The molecule has 3 atom stereocenters. The van der Waals surface area contributed by atoms with E-state index in [1.165, 1.54) is 0 Å². The second kappa shape index (κ2) is 4.29. The molecule has 0 aromatic heterocycles. The van der Waals surface area contributed by atoms with Gasteiger partial charge in [-0.25, -0.2) is 0 Å². The van der Waals surface area contributed by atoms with Crippen molar-refractivity contribution in [2.24, 2.45) is 23.2 Å². The van der Waals surface area contributed by atoms with Crippen LogP contribution < -0.4 is 0 Å². The quantitative estimate of drug-likeness (QED) is 0.630. The van der Waals surface area contributed by atoms with Gasteiger partial charge in [0.1, 0.15) is 0 Å². The summed E-state index contributed by atoms with van der Waals surface area (Å²) in [5.41, 5.74) is 0.0478. The lowest BCUT2D eigenvalue weighted by molar-refractivity contribution is -0.303. The second-order valence-corrected chi connectivity index (χ2v) is 6.85. The number of ketones is 1. The molecule has 3 heteroatoms. The molecule has 1 fully saturated rings. The van der Waals surface area contributed by atoms with Crippen molar-refractivity contribution in [3.63, 3.8) is 0 Å². The van der Waals surface area contributed by atoms with Gasteiger partial charge in [0.2, 0.25) is 0 Å². The van der Waals surface area contributed by atoms with Crippen LogP contribution >= 0.6 is 0 Å². The molecule has 0 bridgehead atoms. The van der Waals surface area contributed by atoms with Crippen molar-refractivity contribution in [1.29, 1.82) is 0 Å². The van der Waals surface area contributed by atoms with Crippen LogP contribution in [0.2, 0.25) is 0 Å². The summed E-state index contributed by atoms with van der Waals surface area (Å²) in [5, 5.41) is 0. The maximum Gasteiger partial charge on any atom is 0.192 e. The Balaban J connectivity index is 1.92. The Morgan fingerprint density at radius 2 is 1.95 bits per heavy atom. The summed E-state index contributed by atoms with van der Waals surface area (Å²) in [7, 11) is 0. The number of carbonyl (C=O) groups excluding carboxylic acids is 1. The first-order valence-electron chi connectivity index (χ1n) is 7.11. The van der Waals surface area contributed by atoms with Crippen LogP contribution in [0.5, 0.6) is 0 Å². The molecule has 0 aromatic rings. The first-order valence-corrected chi connectivity index (χ1v) is 7.11. The van der Waals surface area contributed by atoms with Gasteiger partial charge in [-0.2, -0.15) is 0 Å². The fraction of sp³-hybridized carbons (Fsp3) is 0.688. The number of fused-ring (bicyclic) bond motifs is 2. The Kier molecular flexibility index (Phi) is 2.95. The average Bonchev–Trinajstić information content (AvgIpc) is 2.37. The first kappa shape index (κ1) is 13.1. The molecule has 1 aliphatic heterocycles. The summed E-state index contributed by atoms with van der Waals surface area (Å²) in [4.78, 5) is 12.2. The van der Waals surface area contributed by atoms with Crippen LogP contribution in [-0.4, -0.2) is 24.8 Å². The predicted octanol–water partition coefficient (Wildman–Crippen LogP) is 2.72. The van der Waals surface area contributed by atoms with Gasteiger partial charge in [-0.1, -0.05) is 32.9 Å². The monoisotopic (exact) mass is 262 g/mol. The van der Waals surface area contributed by atoms with Gasteiger partial charge in [-0.15, -0.1) is 0 Å². The van der Waals surface area contributed by atoms with Crippen molar-refractivity contribution >= 4 is 5.78 Å². The first-order chi connectivity index (χ1) is 8.94. The minimum Gasteiger partial charge on any atom is -0.345 e. The number of ether oxygens (including phenoxy) is 2. The van der Waals surface area contributed by atoms with E-state index < -0.39 is 5.79 Å². The Labute approximate surface area is 114 Å². The van der Waals surface area contributed by atoms with E-state index in [9.17, 15) is 4.79 Å². The standard InChI is InChI=1S/C16H22O3/c1-11-5-4-6-12-14(11)13(17)7-8-16(12)18-9-15(2,3)10-19-16/h4-5,7-8,11-12,14H,6,9-10H2,1-3H3/t11-,12+,14-/m0/s1. The van der Waals surface area contributed by atoms with Crippen molar-refractivity contribution in [3.05, 3.63) is 24.3 Å². The molecule has 3 rings (SSSR count). The van der Waals surface area contributed by atoms with Crippen molar-refractivity contribution in [1.82, 2.24) is 0 Å². The molecule has 3 nitrogen and oxygen atoms in total. The van der Waals surface area contributed by atoms with E-state index in [0.717, 1.165) is 6.42 Å². The third-order valence-electron chi connectivity index (χ3n) is 4.53. The molecular formula is C16H22O3. The molecule has 19 heavy (non-hydrogen) atoms. The van der Waals surface area contributed by atoms with Gasteiger partial charge in [-0.3, -0.25) is 4.79 Å². The number of carbonyl (C=O) groups is 1. The molecule has 0 aromatic carbocycles. The lowest BCUT2D eigenvalue weighted by Gasteiger charge is -2.50. The third-order valence-corrected chi connectivity index (χ3v) is 4.53. The zero-order valence-corrected chi connectivity index (χ0v) is 11.9. The van der Waals surface area contributed by atoms with Crippen LogP contribution in [0.4, 0.5) is 0 Å². The average molecular weight is 262 g/mol. The molecular weight excluding hydrogens is 240 g/mol. The number of hydrogen-bond donors (Lipinski definition) is 0. The van der Waals surface area contributed by atoms with Crippen LogP contribution in [0.15, 0.2) is 24.3 Å². The summed E-state index contributed by atoms with van der Waals surface area (Å²) in [6.45, 7) is 7.72. The van der Waals surface area contributed by atoms with E-state index in [1.54, 1.807) is 6.08 Å². The Bertz CT molecular complexity index is 437. The van der Waals surface area contributed by atoms with Crippen LogP contribution in [0, 0.1) is 23.2 Å². The smallest absolute Gasteiger partial charge is 0.192 e. The van der Waals surface area contributed by atoms with Crippen molar-refractivity contribution < 1.29 is 14.3 Å². The molecule has 0 amide bonds. The normalized spacial score (nSPS) is 39.3. The van der Waals surface area contributed by atoms with E-state index in [-0.39, 0.29) is 29.0 Å². The van der Waals surface area contributed by atoms with Crippen LogP contribution in [-0.2, 0) is 14.3 Å². The summed E-state index contributed by atoms with van der Waals surface area (Å²) in [6, 6.07) is 0. The maximum absolute atomic E-state index is 12.2. The highest BCUT2D eigenvalue weighted by Crippen LogP contribution is 2.47. The maximum atomic E-state index is 12.2. The zero-order chi connectivity index (χ0) is 13.7. The number of rotatable bonds is 0. The van der Waals surface area contributed by atoms with Crippen molar-refractivity contribution in [2.45, 2.75) is 33.0 Å². The van der Waals surface area contributed by atoms with Crippen molar-refractivity contribution in [3.8, 4) is 0 Å². The second-order valence-electron chi connectivity index (χ2n) is 6.85. The van der Waals surface area contributed by atoms with Gasteiger partial charge in [0.25, 0.3) is 0 Å². The summed E-state index contributed by atoms with van der Waals surface area (Å²) in [6.07, 6.45) is 8.66. The highest BCUT2D eigenvalue weighted by molar-refractivity contribution is 5.93. The molecule has 104 valence electrons. The fourth-order valence-electron chi connectivity index (χ4n) is 3.39. The topological polar surface area (TPSA) is 35.5 Å². The van der Waals surface area contributed by atoms with Crippen molar-refractivity contribution in [2.75, 3.05) is 13.2 Å². The fourth-order valence-corrected chi connectivity index (χ4v) is 3.39. The van der Waals surface area contributed by atoms with E-state index in [1.807, 2.05) is 6.08 Å². The molecule has 2 aliphatic carbocycles. The number of hydrogen-bond acceptors (Lipinski definition) is 3. The van der Waals surface area contributed by atoms with Gasteiger partial charge >= 0.3 is 0 Å². The van der Waals surface area contributed by atoms with Crippen LogP contribution in [0.3, 0.4) is 0 Å². The third kappa shape index (κ3) is 2.09. The van der Waals surface area contributed by atoms with Crippen LogP contribution in [0.1, 0.15) is 27.2 Å². The minimum absolute atomic E-state index is 0.00351. The van der Waals surface area contributed by atoms with E-state index >= 15 is 0 Å². The lowest BCUT2D eigenvalue weighted by atomic mass is 9.67. The van der Waals surface area contributed by atoms with Gasteiger partial charge in [0.05, 0.1) is 13.2 Å². The molecule has 0 radical (unpaired) electrons. The Hall–Kier alpha value is -0.930. The summed E-state index contributed by atoms with van der Waals surface area (Å²) >= 11 is 0. The zero-order valence-electron chi connectivity index (χ0n) is 11.9. The molecule has 1 spiro atoms. The van der Waals surface area contributed by atoms with E-state index in [4.69, 9.17) is 9.47 Å². The molecule has 1 heterocycles. The summed E-state index contributed by atoms with van der Waals surface area (Å²) in [5.74, 6) is -0.107. The molecule has 0 unspecified atom stereocenters. The minimum atomic E-state index is -0.687. The van der Waals surface area contributed by atoms with Gasteiger partial charge in [0.15, 0.2) is 11.6 Å². The predicted molar refractivity (Wildman–Crippen MR) is 72.5 cm³/mol. The molecule has 3 aliphatic rings. The molecule has 0 saturated carbocycles. The summed E-state index contributed by atoms with van der Waals surface area (Å²) < 4.78 is 12.2. The Morgan fingerprint density at radius 3 is 2.63 bits per heavy atom. The SMILES string of the molecule is C[C@H]1C=CC[C@@H]2[C@H]1C(=O)C=CC21OCC(C)(C)CO1. The van der Waals surface area contributed by atoms with Gasteiger partial charge in [0, 0.05) is 17.3 Å². The Morgan fingerprint density at radius 1 is 1.26 bits per heavy atom.